The van der Waals surface area contributed by atoms with Crippen molar-refractivity contribution >= 4 is 45.3 Å². The Morgan fingerprint density at radius 2 is 1.41 bits per heavy atom. The number of hydrogen-bond acceptors (Lipinski definition) is 1. The number of hydrogen-bond donors (Lipinski definition) is 0. The van der Waals surface area contributed by atoms with E-state index in [0.717, 1.165) is 25.0 Å². The molecule has 3 rings (SSSR count). The molecule has 3 aromatic rings. The number of ether oxygens (including phenoxy) is 1. The molecular formula is C26H26ClIO. The standard InChI is InChI=1S/C26H26ClIO/c1-2-25(20-8-4-3-5-9-20)26(21-10-14-23(28)15-11-21)22-12-16-24(17-13-22)29-19-7-6-18-27/h3-5,8-17H,2,6-7,18-19H2,1H3/b26-25-. The van der Waals surface area contributed by atoms with Gasteiger partial charge in [0.15, 0.2) is 0 Å². The first kappa shape index (κ1) is 21.9. The van der Waals surface area contributed by atoms with Crippen LogP contribution in [0.5, 0.6) is 5.75 Å². The average Bonchev–Trinajstić information content (AvgIpc) is 2.77. The molecule has 0 aliphatic heterocycles. The lowest BCUT2D eigenvalue weighted by Crippen LogP contribution is -1.98. The molecule has 0 bridgehead atoms. The van der Waals surface area contributed by atoms with Gasteiger partial charge in [0.2, 0.25) is 0 Å². The highest BCUT2D eigenvalue weighted by atomic mass is 127. The summed E-state index contributed by atoms with van der Waals surface area (Å²) in [6.45, 7) is 2.93. The molecule has 0 aromatic heterocycles. The molecule has 0 amide bonds. The van der Waals surface area contributed by atoms with Crippen LogP contribution in [0.4, 0.5) is 0 Å². The Balaban J connectivity index is 1.99. The summed E-state index contributed by atoms with van der Waals surface area (Å²) < 4.78 is 7.10. The van der Waals surface area contributed by atoms with Crippen molar-refractivity contribution in [1.82, 2.24) is 0 Å². The van der Waals surface area contributed by atoms with E-state index in [0.29, 0.717) is 12.5 Å². The summed E-state index contributed by atoms with van der Waals surface area (Å²) in [5.41, 5.74) is 6.35. The van der Waals surface area contributed by atoms with E-state index in [2.05, 4.69) is 108 Å². The molecule has 0 radical (unpaired) electrons. The van der Waals surface area contributed by atoms with Gasteiger partial charge >= 0.3 is 0 Å². The summed E-state index contributed by atoms with van der Waals surface area (Å²) in [5.74, 6) is 1.59. The first-order chi connectivity index (χ1) is 14.2. The molecule has 1 nitrogen and oxygen atoms in total. The Morgan fingerprint density at radius 3 is 2.00 bits per heavy atom. The molecule has 0 atom stereocenters. The van der Waals surface area contributed by atoms with Crippen LogP contribution in [0.25, 0.3) is 11.1 Å². The first-order valence-corrected chi connectivity index (χ1v) is 11.7. The third-order valence-corrected chi connectivity index (χ3v) is 5.84. The van der Waals surface area contributed by atoms with Crippen molar-refractivity contribution < 1.29 is 4.74 Å². The second kappa shape index (κ2) is 11.4. The highest BCUT2D eigenvalue weighted by molar-refractivity contribution is 14.1. The maximum absolute atomic E-state index is 5.86. The van der Waals surface area contributed by atoms with Crippen molar-refractivity contribution in [2.24, 2.45) is 0 Å². The van der Waals surface area contributed by atoms with Gasteiger partial charge in [-0.15, -0.1) is 11.6 Å². The van der Waals surface area contributed by atoms with Gasteiger partial charge in [-0.2, -0.15) is 0 Å². The predicted octanol–water partition coefficient (Wildman–Crippen LogP) is 8.06. The largest absolute Gasteiger partial charge is 0.494 e. The number of alkyl halides is 1. The van der Waals surface area contributed by atoms with Gasteiger partial charge < -0.3 is 4.74 Å². The molecule has 3 aromatic carbocycles. The lowest BCUT2D eigenvalue weighted by molar-refractivity contribution is 0.309. The Morgan fingerprint density at radius 1 is 0.793 bits per heavy atom. The molecule has 0 aliphatic carbocycles. The smallest absolute Gasteiger partial charge is 0.119 e. The lowest BCUT2D eigenvalue weighted by Gasteiger charge is -2.17. The molecular weight excluding hydrogens is 491 g/mol. The maximum Gasteiger partial charge on any atom is 0.119 e. The van der Waals surface area contributed by atoms with Gasteiger partial charge in [-0.1, -0.05) is 61.5 Å². The van der Waals surface area contributed by atoms with E-state index < -0.39 is 0 Å². The highest BCUT2D eigenvalue weighted by Gasteiger charge is 2.13. The number of rotatable bonds is 9. The van der Waals surface area contributed by atoms with Crippen molar-refractivity contribution in [2.75, 3.05) is 12.5 Å². The molecule has 0 saturated heterocycles. The Labute approximate surface area is 192 Å². The molecule has 0 unspecified atom stereocenters. The van der Waals surface area contributed by atoms with Gasteiger partial charge in [0, 0.05) is 9.45 Å². The van der Waals surface area contributed by atoms with Crippen LogP contribution < -0.4 is 4.74 Å². The molecule has 0 fully saturated rings. The molecule has 0 heterocycles. The van der Waals surface area contributed by atoms with Crippen molar-refractivity contribution in [2.45, 2.75) is 26.2 Å². The maximum atomic E-state index is 5.86. The Bertz CT molecular complexity index is 915. The van der Waals surface area contributed by atoms with Gasteiger partial charge in [-0.25, -0.2) is 0 Å². The number of halogens is 2. The fourth-order valence-electron chi connectivity index (χ4n) is 3.40. The zero-order valence-electron chi connectivity index (χ0n) is 16.7. The summed E-state index contributed by atoms with van der Waals surface area (Å²) in [5, 5.41) is 0. The van der Waals surface area contributed by atoms with Crippen LogP contribution in [0.3, 0.4) is 0 Å². The van der Waals surface area contributed by atoms with Crippen LogP contribution >= 0.6 is 34.2 Å². The lowest BCUT2D eigenvalue weighted by atomic mass is 9.88. The van der Waals surface area contributed by atoms with Crippen LogP contribution in [-0.2, 0) is 0 Å². The fraction of sp³-hybridized carbons (Fsp3) is 0.231. The minimum absolute atomic E-state index is 0.686. The van der Waals surface area contributed by atoms with Crippen LogP contribution in [0.15, 0.2) is 78.9 Å². The second-order valence-corrected chi connectivity index (χ2v) is 8.47. The van der Waals surface area contributed by atoms with Crippen molar-refractivity contribution in [3.63, 3.8) is 0 Å². The summed E-state index contributed by atoms with van der Waals surface area (Å²) >= 11 is 8.09. The molecule has 3 heteroatoms. The SMILES string of the molecule is CC/C(=C(\c1ccc(I)cc1)c1ccc(OCCCCCl)cc1)c1ccccc1. The fourth-order valence-corrected chi connectivity index (χ4v) is 3.95. The van der Waals surface area contributed by atoms with E-state index in [4.69, 9.17) is 16.3 Å². The number of benzene rings is 3. The van der Waals surface area contributed by atoms with Crippen molar-refractivity contribution in [1.29, 1.82) is 0 Å². The number of unbranched alkanes of at least 4 members (excludes halogenated alkanes) is 1. The third-order valence-electron chi connectivity index (χ3n) is 4.85. The topological polar surface area (TPSA) is 9.23 Å². The zero-order chi connectivity index (χ0) is 20.5. The summed E-state index contributed by atoms with van der Waals surface area (Å²) in [7, 11) is 0. The molecule has 29 heavy (non-hydrogen) atoms. The van der Waals surface area contributed by atoms with E-state index >= 15 is 0 Å². The first-order valence-electron chi connectivity index (χ1n) is 10.1. The van der Waals surface area contributed by atoms with Gasteiger partial charge in [0.25, 0.3) is 0 Å². The van der Waals surface area contributed by atoms with Crippen LogP contribution in [0, 0.1) is 3.57 Å². The third kappa shape index (κ3) is 6.10. The second-order valence-electron chi connectivity index (χ2n) is 6.85. The summed E-state index contributed by atoms with van der Waals surface area (Å²) in [6.07, 6.45) is 2.92. The zero-order valence-corrected chi connectivity index (χ0v) is 19.6. The monoisotopic (exact) mass is 516 g/mol. The molecule has 150 valence electrons. The summed E-state index contributed by atoms with van der Waals surface area (Å²) in [4.78, 5) is 0. The summed E-state index contributed by atoms with van der Waals surface area (Å²) in [6, 6.07) is 27.9. The number of allylic oxidation sites excluding steroid dienone is 1. The quantitative estimate of drug-likeness (QED) is 0.121. The Hall–Kier alpha value is -1.78. The van der Waals surface area contributed by atoms with E-state index in [1.165, 1.54) is 31.4 Å². The van der Waals surface area contributed by atoms with Gasteiger partial charge in [-0.3, -0.25) is 0 Å². The molecule has 0 aliphatic rings. The van der Waals surface area contributed by atoms with Crippen LogP contribution in [-0.4, -0.2) is 12.5 Å². The minimum atomic E-state index is 0.686. The van der Waals surface area contributed by atoms with Crippen molar-refractivity contribution in [3.8, 4) is 5.75 Å². The highest BCUT2D eigenvalue weighted by Crippen LogP contribution is 2.35. The van der Waals surface area contributed by atoms with Gasteiger partial charge in [0.1, 0.15) is 5.75 Å². The average molecular weight is 517 g/mol. The Kier molecular flexibility index (Phi) is 8.63. The normalized spacial score (nSPS) is 11.8. The van der Waals surface area contributed by atoms with Crippen molar-refractivity contribution in [3.05, 3.63) is 99.1 Å². The minimum Gasteiger partial charge on any atom is -0.494 e. The van der Waals surface area contributed by atoms with E-state index in [1.54, 1.807) is 0 Å². The van der Waals surface area contributed by atoms with Gasteiger partial charge in [0.05, 0.1) is 6.61 Å². The molecule has 0 saturated carbocycles. The van der Waals surface area contributed by atoms with Crippen LogP contribution in [0.1, 0.15) is 42.9 Å². The van der Waals surface area contributed by atoms with E-state index in [-0.39, 0.29) is 0 Å². The van der Waals surface area contributed by atoms with Crippen LogP contribution in [0.2, 0.25) is 0 Å². The van der Waals surface area contributed by atoms with E-state index in [9.17, 15) is 0 Å². The van der Waals surface area contributed by atoms with Gasteiger partial charge in [-0.05, 0) is 94.0 Å². The van der Waals surface area contributed by atoms with E-state index in [1.807, 2.05) is 0 Å². The predicted molar refractivity (Wildman–Crippen MR) is 134 cm³/mol. The molecule has 0 N–H and O–H groups in total. The molecule has 0 spiro atoms.